The van der Waals surface area contributed by atoms with Crippen LogP contribution in [0.15, 0.2) is 23.1 Å². The van der Waals surface area contributed by atoms with Gasteiger partial charge in [-0.25, -0.2) is 4.79 Å². The van der Waals surface area contributed by atoms with Crippen LogP contribution in [-0.4, -0.2) is 24.2 Å². The summed E-state index contributed by atoms with van der Waals surface area (Å²) in [6, 6.07) is 5.63. The molecule has 18 heavy (non-hydrogen) atoms. The minimum absolute atomic E-state index is 0.291. The van der Waals surface area contributed by atoms with Crippen LogP contribution in [-0.2, 0) is 4.79 Å². The van der Waals surface area contributed by atoms with Crippen LogP contribution < -0.4 is 10.6 Å². The standard InChI is InChI=1S/C13H18N2O2S/c1-8-5-6-9(2)11(7-8)18-10(3)12(16)15-13(17)14-4/h5-7,10H,1-4H3,(H2,14,15,16,17)/t10-/m1/s1. The van der Waals surface area contributed by atoms with Gasteiger partial charge in [-0.3, -0.25) is 10.1 Å². The zero-order chi connectivity index (χ0) is 13.7. The molecule has 98 valence electrons. The number of amides is 3. The van der Waals surface area contributed by atoms with E-state index >= 15 is 0 Å². The number of hydrogen-bond donors (Lipinski definition) is 2. The molecule has 4 nitrogen and oxygen atoms in total. The number of thioether (sulfide) groups is 1. The molecule has 3 amide bonds. The van der Waals surface area contributed by atoms with Gasteiger partial charge in [0.2, 0.25) is 5.91 Å². The maximum atomic E-state index is 11.7. The minimum Gasteiger partial charge on any atom is -0.341 e. The predicted octanol–water partition coefficient (Wildman–Crippen LogP) is 2.24. The van der Waals surface area contributed by atoms with Gasteiger partial charge in [-0.1, -0.05) is 17.7 Å². The van der Waals surface area contributed by atoms with E-state index in [4.69, 9.17) is 0 Å². The molecule has 0 radical (unpaired) electrons. The smallest absolute Gasteiger partial charge is 0.321 e. The molecule has 1 aromatic rings. The summed E-state index contributed by atoms with van der Waals surface area (Å²) in [7, 11) is 1.48. The third-order valence-electron chi connectivity index (χ3n) is 2.48. The van der Waals surface area contributed by atoms with Crippen molar-refractivity contribution in [1.29, 1.82) is 0 Å². The Balaban J connectivity index is 2.69. The van der Waals surface area contributed by atoms with Gasteiger partial charge in [0.1, 0.15) is 0 Å². The van der Waals surface area contributed by atoms with Crippen molar-refractivity contribution in [2.75, 3.05) is 7.05 Å². The highest BCUT2D eigenvalue weighted by Gasteiger charge is 2.17. The third-order valence-corrected chi connectivity index (χ3v) is 3.74. The van der Waals surface area contributed by atoms with E-state index in [1.807, 2.05) is 32.0 Å². The molecule has 0 aromatic heterocycles. The minimum atomic E-state index is -0.478. The quantitative estimate of drug-likeness (QED) is 0.825. The number of carbonyl (C=O) groups is 2. The number of nitrogens with one attached hydrogen (secondary N) is 2. The number of urea groups is 1. The summed E-state index contributed by atoms with van der Waals surface area (Å²) < 4.78 is 0. The second-order valence-electron chi connectivity index (χ2n) is 4.10. The summed E-state index contributed by atoms with van der Waals surface area (Å²) in [4.78, 5) is 23.8. The van der Waals surface area contributed by atoms with E-state index in [2.05, 4.69) is 10.6 Å². The van der Waals surface area contributed by atoms with Crippen molar-refractivity contribution in [3.63, 3.8) is 0 Å². The van der Waals surface area contributed by atoms with Gasteiger partial charge >= 0.3 is 6.03 Å². The van der Waals surface area contributed by atoms with E-state index in [9.17, 15) is 9.59 Å². The molecule has 0 unspecified atom stereocenters. The van der Waals surface area contributed by atoms with Crippen LogP contribution in [0.3, 0.4) is 0 Å². The zero-order valence-corrected chi connectivity index (χ0v) is 11.9. The van der Waals surface area contributed by atoms with Crippen LogP contribution in [0.4, 0.5) is 4.79 Å². The Bertz CT molecular complexity index is 460. The normalized spacial score (nSPS) is 11.8. The monoisotopic (exact) mass is 266 g/mol. The molecule has 0 aliphatic rings. The van der Waals surface area contributed by atoms with Gasteiger partial charge in [-0.05, 0) is 32.4 Å². The van der Waals surface area contributed by atoms with Crippen LogP contribution in [0.1, 0.15) is 18.1 Å². The molecule has 1 atom stereocenters. The summed E-state index contributed by atoms with van der Waals surface area (Å²) in [5, 5.41) is 4.31. The molecule has 0 aliphatic carbocycles. The summed E-state index contributed by atoms with van der Waals surface area (Å²) in [6.07, 6.45) is 0. The molecule has 2 N–H and O–H groups in total. The predicted molar refractivity (Wildman–Crippen MR) is 73.8 cm³/mol. The summed E-state index contributed by atoms with van der Waals surface area (Å²) in [5.41, 5.74) is 2.28. The van der Waals surface area contributed by atoms with Crippen LogP contribution in [0, 0.1) is 13.8 Å². The Morgan fingerprint density at radius 1 is 1.28 bits per heavy atom. The number of imide groups is 1. The fourth-order valence-corrected chi connectivity index (χ4v) is 2.41. The molecule has 0 saturated heterocycles. The van der Waals surface area contributed by atoms with E-state index in [0.717, 1.165) is 16.0 Å². The van der Waals surface area contributed by atoms with Crippen LogP contribution in [0.2, 0.25) is 0 Å². The maximum Gasteiger partial charge on any atom is 0.321 e. The Hall–Kier alpha value is -1.49. The first-order chi connectivity index (χ1) is 8.43. The first-order valence-corrected chi connectivity index (χ1v) is 6.58. The van der Waals surface area contributed by atoms with Gasteiger partial charge in [-0.15, -0.1) is 11.8 Å². The van der Waals surface area contributed by atoms with Crippen LogP contribution in [0.25, 0.3) is 0 Å². The molecule has 1 rings (SSSR count). The summed E-state index contributed by atoms with van der Waals surface area (Å²) >= 11 is 1.45. The molecule has 0 fully saturated rings. The highest BCUT2D eigenvalue weighted by atomic mass is 32.2. The number of carbonyl (C=O) groups excluding carboxylic acids is 2. The van der Waals surface area contributed by atoms with Gasteiger partial charge in [0.05, 0.1) is 5.25 Å². The molecule has 0 heterocycles. The summed E-state index contributed by atoms with van der Waals surface area (Å²) in [6.45, 7) is 5.80. The van der Waals surface area contributed by atoms with Gasteiger partial charge in [-0.2, -0.15) is 0 Å². The Labute approximate surface area is 112 Å². The van der Waals surface area contributed by atoms with Gasteiger partial charge in [0, 0.05) is 11.9 Å². The Morgan fingerprint density at radius 2 is 1.94 bits per heavy atom. The first kappa shape index (κ1) is 14.6. The van der Waals surface area contributed by atoms with Crippen molar-refractivity contribution in [2.45, 2.75) is 30.9 Å². The molecule has 1 aromatic carbocycles. The average molecular weight is 266 g/mol. The fraction of sp³-hybridized carbons (Fsp3) is 0.385. The van der Waals surface area contributed by atoms with E-state index in [1.165, 1.54) is 18.8 Å². The average Bonchev–Trinajstić information content (AvgIpc) is 2.33. The molecule has 0 bridgehead atoms. The molecule has 0 aliphatic heterocycles. The van der Waals surface area contributed by atoms with Crippen molar-refractivity contribution in [3.05, 3.63) is 29.3 Å². The second-order valence-corrected chi connectivity index (χ2v) is 5.48. The molecular formula is C13H18N2O2S. The van der Waals surface area contributed by atoms with Gasteiger partial charge in [0.15, 0.2) is 0 Å². The molecule has 0 spiro atoms. The lowest BCUT2D eigenvalue weighted by atomic mass is 10.2. The fourth-order valence-electron chi connectivity index (χ4n) is 1.35. The maximum absolute atomic E-state index is 11.7. The lowest BCUT2D eigenvalue weighted by Gasteiger charge is -2.13. The second kappa shape index (κ2) is 6.44. The van der Waals surface area contributed by atoms with E-state index in [1.54, 1.807) is 6.92 Å². The molecule has 0 saturated carbocycles. The van der Waals surface area contributed by atoms with Crippen LogP contribution in [0.5, 0.6) is 0 Å². The Kier molecular flexibility index (Phi) is 5.22. The highest BCUT2D eigenvalue weighted by molar-refractivity contribution is 8.00. The number of benzene rings is 1. The zero-order valence-electron chi connectivity index (χ0n) is 11.0. The van der Waals surface area contributed by atoms with Crippen LogP contribution >= 0.6 is 11.8 Å². The van der Waals surface area contributed by atoms with Gasteiger partial charge in [0.25, 0.3) is 0 Å². The van der Waals surface area contributed by atoms with Crippen molar-refractivity contribution < 1.29 is 9.59 Å². The topological polar surface area (TPSA) is 58.2 Å². The largest absolute Gasteiger partial charge is 0.341 e. The van der Waals surface area contributed by atoms with E-state index in [-0.39, 0.29) is 11.2 Å². The van der Waals surface area contributed by atoms with Crippen molar-refractivity contribution in [3.8, 4) is 0 Å². The van der Waals surface area contributed by atoms with Crippen molar-refractivity contribution in [1.82, 2.24) is 10.6 Å². The molecule has 5 heteroatoms. The van der Waals surface area contributed by atoms with E-state index < -0.39 is 6.03 Å². The third kappa shape index (κ3) is 4.07. The highest BCUT2D eigenvalue weighted by Crippen LogP contribution is 2.27. The van der Waals surface area contributed by atoms with E-state index in [0.29, 0.717) is 0 Å². The lowest BCUT2D eigenvalue weighted by Crippen LogP contribution is -2.41. The van der Waals surface area contributed by atoms with Crippen molar-refractivity contribution >= 4 is 23.7 Å². The van der Waals surface area contributed by atoms with Gasteiger partial charge < -0.3 is 5.32 Å². The number of rotatable bonds is 3. The SMILES string of the molecule is CNC(=O)NC(=O)[C@@H](C)Sc1cc(C)ccc1C. The lowest BCUT2D eigenvalue weighted by molar-refractivity contribution is -0.119. The molecular weight excluding hydrogens is 248 g/mol. The number of aryl methyl sites for hydroxylation is 2. The first-order valence-electron chi connectivity index (χ1n) is 5.70. The number of hydrogen-bond acceptors (Lipinski definition) is 3. The Morgan fingerprint density at radius 3 is 2.56 bits per heavy atom. The van der Waals surface area contributed by atoms with Crippen molar-refractivity contribution in [2.24, 2.45) is 0 Å². The summed E-state index contributed by atoms with van der Waals surface area (Å²) in [5.74, 6) is -0.291.